The van der Waals surface area contributed by atoms with Crippen molar-refractivity contribution in [3.8, 4) is 11.3 Å². The van der Waals surface area contributed by atoms with E-state index in [0.717, 1.165) is 29.9 Å². The lowest BCUT2D eigenvalue weighted by molar-refractivity contribution is -0.117. The van der Waals surface area contributed by atoms with Gasteiger partial charge in [-0.3, -0.25) is 4.79 Å². The lowest BCUT2D eigenvalue weighted by atomic mass is 10.1. The summed E-state index contributed by atoms with van der Waals surface area (Å²) < 4.78 is 0. The van der Waals surface area contributed by atoms with Gasteiger partial charge in [-0.15, -0.1) is 10.2 Å². The first kappa shape index (κ1) is 12.1. The first-order chi connectivity index (χ1) is 9.24. The second-order valence-corrected chi connectivity index (χ2v) is 4.82. The van der Waals surface area contributed by atoms with Gasteiger partial charge in [-0.2, -0.15) is 0 Å². The summed E-state index contributed by atoms with van der Waals surface area (Å²) in [4.78, 5) is 13.5. The molecule has 1 aliphatic heterocycles. The zero-order valence-corrected chi connectivity index (χ0v) is 11.0. The van der Waals surface area contributed by atoms with Crippen LogP contribution in [0.15, 0.2) is 36.4 Å². The molecule has 2 heterocycles. The number of carbonyl (C=O) groups is 1. The number of halogens is 1. The molecule has 19 heavy (non-hydrogen) atoms. The van der Waals surface area contributed by atoms with Crippen LogP contribution in [0.3, 0.4) is 0 Å². The van der Waals surface area contributed by atoms with Crippen LogP contribution in [0.4, 0.5) is 5.69 Å². The molecular weight excluding hydrogens is 262 g/mol. The number of rotatable bonds is 2. The Balaban J connectivity index is 1.86. The predicted molar refractivity (Wildman–Crippen MR) is 74.1 cm³/mol. The van der Waals surface area contributed by atoms with E-state index in [1.165, 1.54) is 0 Å². The Morgan fingerprint density at radius 1 is 1.05 bits per heavy atom. The van der Waals surface area contributed by atoms with Gasteiger partial charge in [-0.25, -0.2) is 0 Å². The lowest BCUT2D eigenvalue weighted by Crippen LogP contribution is -2.23. The Kier molecular flexibility index (Phi) is 3.17. The summed E-state index contributed by atoms with van der Waals surface area (Å²) in [6, 6.07) is 11.3. The molecule has 1 aliphatic rings. The van der Waals surface area contributed by atoms with Crippen molar-refractivity contribution in [1.82, 2.24) is 10.2 Å². The van der Waals surface area contributed by atoms with Gasteiger partial charge in [0.05, 0.1) is 5.69 Å². The summed E-state index contributed by atoms with van der Waals surface area (Å²) in [5.74, 6) is 0.194. The molecule has 5 heteroatoms. The monoisotopic (exact) mass is 273 g/mol. The number of benzene rings is 1. The van der Waals surface area contributed by atoms with Gasteiger partial charge in [-0.1, -0.05) is 23.7 Å². The maximum absolute atomic E-state index is 11.7. The Labute approximate surface area is 116 Å². The van der Waals surface area contributed by atoms with Crippen LogP contribution in [0.25, 0.3) is 11.3 Å². The SMILES string of the molecule is O=C1CCCN1c1ccc(-c2ccc(Cl)nn2)cc1. The fraction of sp³-hybridized carbons (Fsp3) is 0.214. The molecule has 2 aromatic rings. The van der Waals surface area contributed by atoms with Gasteiger partial charge in [0.25, 0.3) is 0 Å². The minimum Gasteiger partial charge on any atom is -0.312 e. The van der Waals surface area contributed by atoms with E-state index in [1.54, 1.807) is 6.07 Å². The zero-order chi connectivity index (χ0) is 13.2. The van der Waals surface area contributed by atoms with E-state index in [1.807, 2.05) is 35.2 Å². The van der Waals surface area contributed by atoms with Crippen LogP contribution in [-0.2, 0) is 4.79 Å². The van der Waals surface area contributed by atoms with Gasteiger partial charge >= 0.3 is 0 Å². The number of aromatic nitrogens is 2. The molecule has 1 amide bonds. The highest BCUT2D eigenvalue weighted by atomic mass is 35.5. The minimum atomic E-state index is 0.194. The van der Waals surface area contributed by atoms with Crippen molar-refractivity contribution in [2.24, 2.45) is 0 Å². The summed E-state index contributed by atoms with van der Waals surface area (Å²) in [5.41, 5.74) is 2.66. The average Bonchev–Trinajstić information content (AvgIpc) is 2.86. The second-order valence-electron chi connectivity index (χ2n) is 4.44. The van der Waals surface area contributed by atoms with E-state index < -0.39 is 0 Å². The maximum atomic E-state index is 11.7. The van der Waals surface area contributed by atoms with Gasteiger partial charge in [0.2, 0.25) is 5.91 Å². The lowest BCUT2D eigenvalue weighted by Gasteiger charge is -2.15. The second kappa shape index (κ2) is 4.97. The third-order valence-electron chi connectivity index (χ3n) is 3.18. The third-order valence-corrected chi connectivity index (χ3v) is 3.38. The van der Waals surface area contributed by atoms with Crippen LogP contribution in [0.2, 0.25) is 5.15 Å². The fourth-order valence-electron chi connectivity index (χ4n) is 2.20. The summed E-state index contributed by atoms with van der Waals surface area (Å²) in [6.07, 6.45) is 1.58. The number of nitrogens with zero attached hydrogens (tertiary/aromatic N) is 3. The van der Waals surface area contributed by atoms with Crippen molar-refractivity contribution in [2.45, 2.75) is 12.8 Å². The molecule has 1 fully saturated rings. The molecule has 1 saturated heterocycles. The molecule has 0 aliphatic carbocycles. The molecule has 1 aromatic heterocycles. The zero-order valence-electron chi connectivity index (χ0n) is 10.2. The largest absolute Gasteiger partial charge is 0.312 e. The highest BCUT2D eigenvalue weighted by molar-refractivity contribution is 6.29. The first-order valence-electron chi connectivity index (χ1n) is 6.14. The molecule has 0 N–H and O–H groups in total. The van der Waals surface area contributed by atoms with E-state index >= 15 is 0 Å². The minimum absolute atomic E-state index is 0.194. The van der Waals surface area contributed by atoms with Gasteiger partial charge in [0, 0.05) is 24.2 Å². The molecule has 0 saturated carbocycles. The van der Waals surface area contributed by atoms with Gasteiger partial charge in [0.15, 0.2) is 5.15 Å². The van der Waals surface area contributed by atoms with Crippen LogP contribution in [-0.4, -0.2) is 22.6 Å². The molecule has 0 bridgehead atoms. The Bertz CT molecular complexity index is 595. The highest BCUT2D eigenvalue weighted by Gasteiger charge is 2.21. The number of amides is 1. The van der Waals surface area contributed by atoms with Crippen molar-refractivity contribution in [1.29, 1.82) is 0 Å². The fourth-order valence-corrected chi connectivity index (χ4v) is 2.30. The predicted octanol–water partition coefficient (Wildman–Crippen LogP) is 2.92. The van der Waals surface area contributed by atoms with Gasteiger partial charge in [0.1, 0.15) is 0 Å². The standard InChI is InChI=1S/C14H12ClN3O/c15-13-8-7-12(16-17-13)10-3-5-11(6-4-10)18-9-1-2-14(18)19/h3-8H,1-2,9H2. The van der Waals surface area contributed by atoms with Gasteiger partial charge in [-0.05, 0) is 30.7 Å². The summed E-state index contributed by atoms with van der Waals surface area (Å²) >= 11 is 5.71. The number of anilines is 1. The van der Waals surface area contributed by atoms with E-state index in [0.29, 0.717) is 11.6 Å². The van der Waals surface area contributed by atoms with E-state index in [4.69, 9.17) is 11.6 Å². The Morgan fingerprint density at radius 3 is 2.42 bits per heavy atom. The van der Waals surface area contributed by atoms with Crippen LogP contribution in [0.5, 0.6) is 0 Å². The molecule has 96 valence electrons. The van der Waals surface area contributed by atoms with E-state index in [-0.39, 0.29) is 5.91 Å². The molecule has 0 atom stereocenters. The van der Waals surface area contributed by atoms with Crippen LogP contribution < -0.4 is 4.90 Å². The molecule has 0 unspecified atom stereocenters. The summed E-state index contributed by atoms with van der Waals surface area (Å²) in [6.45, 7) is 0.804. The summed E-state index contributed by atoms with van der Waals surface area (Å²) in [7, 11) is 0. The Hall–Kier alpha value is -1.94. The highest BCUT2D eigenvalue weighted by Crippen LogP contribution is 2.25. The topological polar surface area (TPSA) is 46.1 Å². The van der Waals surface area contributed by atoms with E-state index in [2.05, 4.69) is 10.2 Å². The Morgan fingerprint density at radius 2 is 1.84 bits per heavy atom. The quantitative estimate of drug-likeness (QED) is 0.845. The molecule has 1 aromatic carbocycles. The normalized spacial score (nSPS) is 15.0. The molecule has 0 spiro atoms. The van der Waals surface area contributed by atoms with E-state index in [9.17, 15) is 4.79 Å². The molecule has 3 rings (SSSR count). The van der Waals surface area contributed by atoms with Crippen molar-refractivity contribution in [2.75, 3.05) is 11.4 Å². The molecule has 0 radical (unpaired) electrons. The summed E-state index contributed by atoms with van der Waals surface area (Å²) in [5, 5.41) is 8.22. The van der Waals surface area contributed by atoms with Crippen molar-refractivity contribution in [3.05, 3.63) is 41.6 Å². The maximum Gasteiger partial charge on any atom is 0.227 e. The van der Waals surface area contributed by atoms with Crippen molar-refractivity contribution in [3.63, 3.8) is 0 Å². The number of carbonyl (C=O) groups excluding carboxylic acids is 1. The van der Waals surface area contributed by atoms with Crippen molar-refractivity contribution >= 4 is 23.2 Å². The molecular formula is C14H12ClN3O. The van der Waals surface area contributed by atoms with Crippen LogP contribution in [0.1, 0.15) is 12.8 Å². The number of hydrogen-bond donors (Lipinski definition) is 0. The third kappa shape index (κ3) is 2.44. The number of hydrogen-bond acceptors (Lipinski definition) is 3. The molecule has 4 nitrogen and oxygen atoms in total. The van der Waals surface area contributed by atoms with Crippen LogP contribution >= 0.6 is 11.6 Å². The average molecular weight is 274 g/mol. The first-order valence-corrected chi connectivity index (χ1v) is 6.52. The van der Waals surface area contributed by atoms with Crippen molar-refractivity contribution < 1.29 is 4.79 Å². The van der Waals surface area contributed by atoms with Gasteiger partial charge < -0.3 is 4.90 Å². The van der Waals surface area contributed by atoms with Crippen LogP contribution in [0, 0.1) is 0 Å². The smallest absolute Gasteiger partial charge is 0.227 e.